The van der Waals surface area contributed by atoms with Gasteiger partial charge in [0.2, 0.25) is 0 Å². The molecule has 0 aliphatic carbocycles. The van der Waals surface area contributed by atoms with Gasteiger partial charge in [-0.2, -0.15) is 0 Å². The maximum absolute atomic E-state index is 11.7. The van der Waals surface area contributed by atoms with Crippen molar-refractivity contribution in [1.29, 1.82) is 0 Å². The molecule has 2 rings (SSSR count). The van der Waals surface area contributed by atoms with E-state index in [1.807, 2.05) is 44.2 Å². The largest absolute Gasteiger partial charge is 0.465 e. The molecule has 2 aromatic rings. The summed E-state index contributed by atoms with van der Waals surface area (Å²) in [6, 6.07) is 9.69. The van der Waals surface area contributed by atoms with Crippen LogP contribution in [0.4, 0.5) is 0 Å². The van der Waals surface area contributed by atoms with Crippen LogP contribution in [0.3, 0.4) is 0 Å². The maximum Gasteiger partial charge on any atom is 0.341 e. The molecule has 0 unspecified atom stereocenters. The Hall–Kier alpha value is -2.23. The fraction of sp³-hybridized carbons (Fsp3) is 0.267. The van der Waals surface area contributed by atoms with E-state index >= 15 is 0 Å². The summed E-state index contributed by atoms with van der Waals surface area (Å²) in [6.07, 6.45) is 1.54. The molecule has 19 heavy (non-hydrogen) atoms. The number of methoxy groups -OCH3 is 1. The Kier molecular flexibility index (Phi) is 3.90. The number of aromatic nitrogens is 2. The third-order valence-corrected chi connectivity index (χ3v) is 2.80. The van der Waals surface area contributed by atoms with Gasteiger partial charge in [0.05, 0.1) is 18.4 Å². The molecular formula is C15H16N2O2. The lowest BCUT2D eigenvalue weighted by Crippen LogP contribution is -2.10. The van der Waals surface area contributed by atoms with E-state index in [0.717, 1.165) is 5.56 Å². The molecule has 0 radical (unpaired) electrons. The average molecular weight is 256 g/mol. The van der Waals surface area contributed by atoms with Gasteiger partial charge < -0.3 is 4.74 Å². The molecule has 1 aromatic carbocycles. The summed E-state index contributed by atoms with van der Waals surface area (Å²) in [6.45, 7) is 3.98. The van der Waals surface area contributed by atoms with Crippen LogP contribution in [0.1, 0.15) is 35.8 Å². The van der Waals surface area contributed by atoms with Crippen LogP contribution in [0.2, 0.25) is 0 Å². The highest BCUT2D eigenvalue weighted by Crippen LogP contribution is 2.21. The van der Waals surface area contributed by atoms with Crippen molar-refractivity contribution in [3.63, 3.8) is 0 Å². The fourth-order valence-corrected chi connectivity index (χ4v) is 1.83. The second-order valence-corrected chi connectivity index (χ2v) is 4.50. The number of carbonyl (C=O) groups is 1. The van der Waals surface area contributed by atoms with Crippen molar-refractivity contribution in [2.45, 2.75) is 19.8 Å². The van der Waals surface area contributed by atoms with Gasteiger partial charge in [-0.1, -0.05) is 44.2 Å². The van der Waals surface area contributed by atoms with Crippen molar-refractivity contribution in [3.05, 3.63) is 47.8 Å². The first-order chi connectivity index (χ1) is 9.13. The first kappa shape index (κ1) is 13.2. The van der Waals surface area contributed by atoms with Gasteiger partial charge in [0, 0.05) is 11.8 Å². The molecule has 0 amide bonds. The highest BCUT2D eigenvalue weighted by molar-refractivity contribution is 5.90. The van der Waals surface area contributed by atoms with Crippen LogP contribution in [-0.2, 0) is 4.74 Å². The number of hydrogen-bond donors (Lipinski definition) is 0. The number of nitrogens with zero attached hydrogens (tertiary/aromatic N) is 2. The van der Waals surface area contributed by atoms with E-state index in [0.29, 0.717) is 17.1 Å². The van der Waals surface area contributed by atoms with Gasteiger partial charge in [0.25, 0.3) is 0 Å². The van der Waals surface area contributed by atoms with Crippen molar-refractivity contribution in [3.8, 4) is 11.4 Å². The van der Waals surface area contributed by atoms with Gasteiger partial charge in [-0.25, -0.2) is 14.8 Å². The van der Waals surface area contributed by atoms with Crippen molar-refractivity contribution < 1.29 is 9.53 Å². The highest BCUT2D eigenvalue weighted by Gasteiger charge is 2.17. The second-order valence-electron chi connectivity index (χ2n) is 4.50. The molecule has 1 aromatic heterocycles. The van der Waals surface area contributed by atoms with Crippen LogP contribution < -0.4 is 0 Å². The molecule has 0 N–H and O–H groups in total. The van der Waals surface area contributed by atoms with Crippen molar-refractivity contribution in [1.82, 2.24) is 9.97 Å². The van der Waals surface area contributed by atoms with Gasteiger partial charge >= 0.3 is 5.97 Å². The lowest BCUT2D eigenvalue weighted by Gasteiger charge is -2.11. The third-order valence-electron chi connectivity index (χ3n) is 2.80. The van der Waals surface area contributed by atoms with Crippen molar-refractivity contribution in [2.75, 3.05) is 7.11 Å². The molecule has 0 aliphatic rings. The number of hydrogen-bond acceptors (Lipinski definition) is 4. The molecule has 0 bridgehead atoms. The van der Waals surface area contributed by atoms with Crippen LogP contribution in [0, 0.1) is 0 Å². The summed E-state index contributed by atoms with van der Waals surface area (Å²) in [4.78, 5) is 20.4. The van der Waals surface area contributed by atoms with Gasteiger partial charge in [-0.3, -0.25) is 0 Å². The molecule has 4 heteroatoms. The van der Waals surface area contributed by atoms with Gasteiger partial charge in [-0.05, 0) is 5.92 Å². The van der Waals surface area contributed by atoms with Gasteiger partial charge in [0.15, 0.2) is 5.82 Å². The molecule has 4 nitrogen and oxygen atoms in total. The topological polar surface area (TPSA) is 52.1 Å². The molecule has 1 heterocycles. The SMILES string of the molecule is COC(=O)c1cnc(-c2ccccc2)nc1C(C)C. The van der Waals surface area contributed by atoms with Crippen LogP contribution in [0.5, 0.6) is 0 Å². The minimum Gasteiger partial charge on any atom is -0.465 e. The normalized spacial score (nSPS) is 10.5. The zero-order chi connectivity index (χ0) is 13.8. The minimum absolute atomic E-state index is 0.125. The predicted octanol–water partition coefficient (Wildman–Crippen LogP) is 3.05. The van der Waals surface area contributed by atoms with Crippen molar-refractivity contribution >= 4 is 5.97 Å². The van der Waals surface area contributed by atoms with E-state index in [1.54, 1.807) is 0 Å². The molecule has 0 fully saturated rings. The zero-order valence-electron chi connectivity index (χ0n) is 11.3. The quantitative estimate of drug-likeness (QED) is 0.792. The summed E-state index contributed by atoms with van der Waals surface area (Å²) in [5.74, 6) is 0.347. The predicted molar refractivity (Wildman–Crippen MR) is 72.9 cm³/mol. The van der Waals surface area contributed by atoms with Crippen molar-refractivity contribution in [2.24, 2.45) is 0 Å². The van der Waals surface area contributed by atoms with Crippen LogP contribution >= 0.6 is 0 Å². The highest BCUT2D eigenvalue weighted by atomic mass is 16.5. The summed E-state index contributed by atoms with van der Waals surface area (Å²) < 4.78 is 4.75. The summed E-state index contributed by atoms with van der Waals surface area (Å²) in [5, 5.41) is 0. The summed E-state index contributed by atoms with van der Waals surface area (Å²) in [5.41, 5.74) is 2.07. The number of esters is 1. The number of carbonyl (C=O) groups excluding carboxylic acids is 1. The van der Waals surface area contributed by atoms with Crippen LogP contribution in [0.15, 0.2) is 36.5 Å². The van der Waals surface area contributed by atoms with E-state index in [1.165, 1.54) is 13.3 Å². The Bertz CT molecular complexity index is 580. The van der Waals surface area contributed by atoms with E-state index in [4.69, 9.17) is 4.74 Å². The Morgan fingerprint density at radius 1 is 1.21 bits per heavy atom. The fourth-order valence-electron chi connectivity index (χ4n) is 1.83. The lowest BCUT2D eigenvalue weighted by atomic mass is 10.0. The van der Waals surface area contributed by atoms with E-state index in [2.05, 4.69) is 9.97 Å². The van der Waals surface area contributed by atoms with Gasteiger partial charge in [0.1, 0.15) is 0 Å². The molecular weight excluding hydrogens is 240 g/mol. The number of ether oxygens (including phenoxy) is 1. The summed E-state index contributed by atoms with van der Waals surface area (Å²) >= 11 is 0. The minimum atomic E-state index is -0.400. The molecule has 0 saturated heterocycles. The second kappa shape index (κ2) is 5.61. The number of benzene rings is 1. The summed E-state index contributed by atoms with van der Waals surface area (Å²) in [7, 11) is 1.36. The van der Waals surface area contributed by atoms with E-state index in [9.17, 15) is 4.79 Å². The van der Waals surface area contributed by atoms with Gasteiger partial charge in [-0.15, -0.1) is 0 Å². The number of rotatable bonds is 3. The van der Waals surface area contributed by atoms with E-state index < -0.39 is 5.97 Å². The third kappa shape index (κ3) is 2.78. The average Bonchev–Trinajstić information content (AvgIpc) is 2.46. The monoisotopic (exact) mass is 256 g/mol. The standard InChI is InChI=1S/C15H16N2O2/c1-10(2)13-12(15(18)19-3)9-16-14(17-13)11-7-5-4-6-8-11/h4-10H,1-3H3. The Morgan fingerprint density at radius 2 is 1.89 bits per heavy atom. The molecule has 0 saturated carbocycles. The Morgan fingerprint density at radius 3 is 2.47 bits per heavy atom. The molecule has 98 valence electrons. The Balaban J connectivity index is 2.51. The molecule has 0 atom stereocenters. The first-order valence-electron chi connectivity index (χ1n) is 6.14. The van der Waals surface area contributed by atoms with E-state index in [-0.39, 0.29) is 5.92 Å². The lowest BCUT2D eigenvalue weighted by molar-refractivity contribution is 0.0598. The molecule has 0 aliphatic heterocycles. The van der Waals surface area contributed by atoms with Crippen LogP contribution in [-0.4, -0.2) is 23.0 Å². The maximum atomic E-state index is 11.7. The smallest absolute Gasteiger partial charge is 0.341 e. The first-order valence-corrected chi connectivity index (χ1v) is 6.14. The van der Waals surface area contributed by atoms with Crippen LogP contribution in [0.25, 0.3) is 11.4 Å². The molecule has 0 spiro atoms. The Labute approximate surface area is 112 Å². The zero-order valence-corrected chi connectivity index (χ0v) is 11.3.